The van der Waals surface area contributed by atoms with Crippen molar-refractivity contribution >= 4 is 40.2 Å². The SMILES string of the molecule is O=C(O)c1ccc2nc(CN3CC[C@]4(c5cccc(OCc6ccc(Cl)cc6Cl)n5)C[C@@H]4C3)n(CC3CCO3)c2c1. The van der Waals surface area contributed by atoms with Crippen molar-refractivity contribution in [1.29, 1.82) is 0 Å². The zero-order valence-corrected chi connectivity index (χ0v) is 23.9. The Hall–Kier alpha value is -3.17. The second-order valence-corrected chi connectivity index (χ2v) is 12.2. The topological polar surface area (TPSA) is 89.7 Å². The van der Waals surface area contributed by atoms with Gasteiger partial charge in [-0.1, -0.05) is 35.3 Å². The molecule has 1 saturated carbocycles. The molecule has 4 aromatic rings. The van der Waals surface area contributed by atoms with Crippen molar-refractivity contribution in [2.75, 3.05) is 19.7 Å². The van der Waals surface area contributed by atoms with Crippen LogP contribution in [-0.4, -0.2) is 56.3 Å². The van der Waals surface area contributed by atoms with Crippen molar-refractivity contribution in [3.63, 3.8) is 0 Å². The molecule has 2 saturated heterocycles. The number of benzene rings is 2. The van der Waals surface area contributed by atoms with E-state index in [2.05, 4.69) is 15.5 Å². The van der Waals surface area contributed by atoms with Crippen molar-refractivity contribution in [3.8, 4) is 5.88 Å². The number of halogens is 2. The summed E-state index contributed by atoms with van der Waals surface area (Å²) < 4.78 is 13.9. The molecule has 1 N–H and O–H groups in total. The second kappa shape index (κ2) is 10.6. The first kappa shape index (κ1) is 26.7. The van der Waals surface area contributed by atoms with E-state index in [0.29, 0.717) is 35.0 Å². The molecule has 8 nitrogen and oxygen atoms in total. The number of nitrogens with zero attached hydrogens (tertiary/aromatic N) is 4. The minimum Gasteiger partial charge on any atom is -0.478 e. The smallest absolute Gasteiger partial charge is 0.335 e. The number of aromatic carboxylic acids is 1. The van der Waals surface area contributed by atoms with Crippen LogP contribution in [0.1, 0.15) is 46.7 Å². The molecule has 41 heavy (non-hydrogen) atoms. The maximum Gasteiger partial charge on any atom is 0.335 e. The monoisotopic (exact) mass is 592 g/mol. The number of rotatable bonds is 9. The quantitative estimate of drug-likeness (QED) is 0.256. The lowest BCUT2D eigenvalue weighted by molar-refractivity contribution is -0.0592. The molecule has 1 unspecified atom stereocenters. The van der Waals surface area contributed by atoms with E-state index in [4.69, 9.17) is 42.6 Å². The van der Waals surface area contributed by atoms with Gasteiger partial charge in [0.1, 0.15) is 12.4 Å². The number of piperidine rings is 1. The summed E-state index contributed by atoms with van der Waals surface area (Å²) in [6, 6.07) is 16.6. The Labute approximate surface area is 247 Å². The Morgan fingerprint density at radius 1 is 1.15 bits per heavy atom. The lowest BCUT2D eigenvalue weighted by atomic mass is 9.91. The fraction of sp³-hybridized carbons (Fsp3) is 0.387. The predicted octanol–water partition coefficient (Wildman–Crippen LogP) is 5.97. The zero-order valence-electron chi connectivity index (χ0n) is 22.4. The van der Waals surface area contributed by atoms with Crippen LogP contribution in [0.15, 0.2) is 54.6 Å². The molecule has 0 radical (unpaired) electrons. The maximum atomic E-state index is 11.6. The third-order valence-electron chi connectivity index (χ3n) is 8.83. The van der Waals surface area contributed by atoms with Gasteiger partial charge in [0.25, 0.3) is 0 Å². The predicted molar refractivity (Wildman–Crippen MR) is 156 cm³/mol. The molecule has 4 heterocycles. The van der Waals surface area contributed by atoms with Crippen LogP contribution >= 0.6 is 23.2 Å². The Morgan fingerprint density at radius 2 is 2.02 bits per heavy atom. The van der Waals surface area contributed by atoms with E-state index in [1.54, 1.807) is 24.3 Å². The molecule has 0 spiro atoms. The average Bonchev–Trinajstić information content (AvgIpc) is 3.58. The highest BCUT2D eigenvalue weighted by atomic mass is 35.5. The fourth-order valence-corrected chi connectivity index (χ4v) is 6.76. The molecule has 2 aliphatic heterocycles. The van der Waals surface area contributed by atoms with Gasteiger partial charge in [-0.15, -0.1) is 0 Å². The average molecular weight is 594 g/mol. The molecular weight excluding hydrogens is 563 g/mol. The minimum absolute atomic E-state index is 0.0874. The Balaban J connectivity index is 1.05. The third-order valence-corrected chi connectivity index (χ3v) is 9.41. The van der Waals surface area contributed by atoms with Gasteiger partial charge in [-0.3, -0.25) is 4.90 Å². The zero-order chi connectivity index (χ0) is 28.1. The first-order valence-corrected chi connectivity index (χ1v) is 14.7. The number of carbonyl (C=O) groups is 1. The van der Waals surface area contributed by atoms with Gasteiger partial charge in [-0.2, -0.15) is 0 Å². The first-order valence-electron chi connectivity index (χ1n) is 14.0. The highest BCUT2D eigenvalue weighted by Gasteiger charge is 2.58. The summed E-state index contributed by atoms with van der Waals surface area (Å²) in [5.41, 5.74) is 4.00. The van der Waals surface area contributed by atoms with Crippen molar-refractivity contribution in [1.82, 2.24) is 19.4 Å². The van der Waals surface area contributed by atoms with Gasteiger partial charge in [-0.25, -0.2) is 14.8 Å². The number of hydrogen-bond acceptors (Lipinski definition) is 6. The summed E-state index contributed by atoms with van der Waals surface area (Å²) in [4.78, 5) is 23.9. The van der Waals surface area contributed by atoms with Crippen LogP contribution in [-0.2, 0) is 29.8 Å². The molecule has 10 heteroatoms. The lowest BCUT2D eigenvalue weighted by Gasteiger charge is -2.32. The highest BCUT2D eigenvalue weighted by molar-refractivity contribution is 6.35. The number of carboxylic acid groups (broad SMARTS) is 1. The molecule has 1 aliphatic carbocycles. The van der Waals surface area contributed by atoms with Crippen LogP contribution in [0, 0.1) is 5.92 Å². The number of imidazole rings is 1. The highest BCUT2D eigenvalue weighted by Crippen LogP contribution is 2.59. The van der Waals surface area contributed by atoms with Crippen molar-refractivity contribution in [3.05, 3.63) is 87.3 Å². The van der Waals surface area contributed by atoms with E-state index in [-0.39, 0.29) is 17.1 Å². The van der Waals surface area contributed by atoms with E-state index in [1.807, 2.05) is 24.3 Å². The Morgan fingerprint density at radius 3 is 2.78 bits per heavy atom. The van der Waals surface area contributed by atoms with Gasteiger partial charge in [0.15, 0.2) is 0 Å². The first-order chi connectivity index (χ1) is 19.9. The van der Waals surface area contributed by atoms with Crippen LogP contribution in [0.3, 0.4) is 0 Å². The van der Waals surface area contributed by atoms with Crippen LogP contribution in [0.2, 0.25) is 10.0 Å². The number of ether oxygens (including phenoxy) is 2. The molecule has 0 amide bonds. The molecule has 212 valence electrons. The molecule has 3 atom stereocenters. The summed E-state index contributed by atoms with van der Waals surface area (Å²) in [6.45, 7) is 4.42. The maximum absolute atomic E-state index is 11.6. The number of carboxylic acids is 1. The number of aromatic nitrogens is 3. The van der Waals surface area contributed by atoms with Gasteiger partial charge in [0.2, 0.25) is 5.88 Å². The fourth-order valence-electron chi connectivity index (χ4n) is 6.30. The summed E-state index contributed by atoms with van der Waals surface area (Å²) in [5, 5.41) is 10.7. The number of likely N-dealkylation sites (tertiary alicyclic amines) is 1. The van der Waals surface area contributed by atoms with Crippen LogP contribution in [0.25, 0.3) is 11.0 Å². The summed E-state index contributed by atoms with van der Waals surface area (Å²) in [7, 11) is 0. The molecular formula is C31H30Cl2N4O4. The van der Waals surface area contributed by atoms with E-state index in [1.165, 1.54) is 0 Å². The number of pyridine rings is 1. The molecule has 3 fully saturated rings. The third kappa shape index (κ3) is 5.18. The van der Waals surface area contributed by atoms with E-state index >= 15 is 0 Å². The van der Waals surface area contributed by atoms with Gasteiger partial charge in [0.05, 0.1) is 41.5 Å². The normalized spacial score (nSPS) is 23.7. The number of fused-ring (bicyclic) bond motifs is 2. The number of hydrogen-bond donors (Lipinski definition) is 1. The van der Waals surface area contributed by atoms with Crippen molar-refractivity contribution < 1.29 is 19.4 Å². The van der Waals surface area contributed by atoms with Gasteiger partial charge >= 0.3 is 5.97 Å². The summed E-state index contributed by atoms with van der Waals surface area (Å²) in [5.74, 6) is 1.15. The van der Waals surface area contributed by atoms with Gasteiger partial charge in [0, 0.05) is 40.2 Å². The van der Waals surface area contributed by atoms with Crippen molar-refractivity contribution in [2.45, 2.75) is 50.5 Å². The minimum atomic E-state index is -0.931. The Kier molecular flexibility index (Phi) is 6.90. The Bertz CT molecular complexity index is 1640. The largest absolute Gasteiger partial charge is 0.478 e. The van der Waals surface area contributed by atoms with E-state index in [9.17, 15) is 9.90 Å². The van der Waals surface area contributed by atoms with Crippen molar-refractivity contribution in [2.24, 2.45) is 5.92 Å². The summed E-state index contributed by atoms with van der Waals surface area (Å²) in [6.07, 6.45) is 3.28. The van der Waals surface area contributed by atoms with Crippen LogP contribution < -0.4 is 4.74 Å². The molecule has 3 aliphatic rings. The van der Waals surface area contributed by atoms with Crippen LogP contribution in [0.5, 0.6) is 5.88 Å². The van der Waals surface area contributed by atoms with Crippen LogP contribution in [0.4, 0.5) is 0 Å². The van der Waals surface area contributed by atoms with Gasteiger partial charge < -0.3 is 19.1 Å². The molecule has 2 aromatic carbocycles. The van der Waals surface area contributed by atoms with E-state index < -0.39 is 5.97 Å². The van der Waals surface area contributed by atoms with E-state index in [0.717, 1.165) is 73.6 Å². The standard InChI is InChI=1S/C31H30Cl2N4O4/c32-22-6-4-20(24(33)13-22)18-41-29-3-1-2-27(35-29)31-9-10-36(15-21(31)14-31)17-28-34-25-7-5-19(30(38)39)12-26(25)37(28)16-23-8-11-40-23/h1-7,12-13,21,23H,8-11,14-18H2,(H,38,39)/t21-,23?,31+/m1/s1. The second-order valence-electron chi connectivity index (χ2n) is 11.4. The molecule has 2 aromatic heterocycles. The summed E-state index contributed by atoms with van der Waals surface area (Å²) >= 11 is 12.3. The van der Waals surface area contributed by atoms with Gasteiger partial charge in [-0.05, 0) is 68.1 Å². The molecule has 0 bridgehead atoms. The molecule has 7 rings (SSSR count). The lowest BCUT2D eigenvalue weighted by Crippen LogP contribution is -2.37.